The molecule has 0 spiro atoms. The molecule has 6 nitrogen and oxygen atoms in total. The number of anilines is 1. The number of hydrogen-bond donors (Lipinski definition) is 2. The molecule has 0 radical (unpaired) electrons. The summed E-state index contributed by atoms with van der Waals surface area (Å²) in [5, 5.41) is 4.91. The van der Waals surface area contributed by atoms with Gasteiger partial charge in [0.15, 0.2) is 0 Å². The second-order valence-electron chi connectivity index (χ2n) is 8.75. The van der Waals surface area contributed by atoms with Gasteiger partial charge in [-0.3, -0.25) is 9.69 Å². The van der Waals surface area contributed by atoms with E-state index in [2.05, 4.69) is 22.0 Å². The van der Waals surface area contributed by atoms with Crippen molar-refractivity contribution in [2.75, 3.05) is 12.4 Å². The van der Waals surface area contributed by atoms with Gasteiger partial charge >= 0.3 is 0 Å². The van der Waals surface area contributed by atoms with Crippen LogP contribution in [-0.4, -0.2) is 32.3 Å². The number of carbonyl (C=O) groups is 1. The Hall–Kier alpha value is -2.52. The molecule has 34 heavy (non-hydrogen) atoms. The number of amides is 1. The highest BCUT2D eigenvalue weighted by atomic mass is 32.2. The number of nitrogens with one attached hydrogen (secondary N) is 2. The Balaban J connectivity index is 1.40. The van der Waals surface area contributed by atoms with E-state index in [1.807, 2.05) is 41.8 Å². The Morgan fingerprint density at radius 1 is 1.00 bits per heavy atom. The highest BCUT2D eigenvalue weighted by molar-refractivity contribution is 7.89. The summed E-state index contributed by atoms with van der Waals surface area (Å²) in [4.78, 5) is 16.4. The molecule has 1 saturated carbocycles. The zero-order valence-electron chi connectivity index (χ0n) is 19.4. The van der Waals surface area contributed by atoms with Crippen LogP contribution in [0.25, 0.3) is 0 Å². The standard InChI is InChI=1S/C26H31N3O3S2/c1-29(22-9-3-2-4-10-22)19-21-8-5-6-12-25(21)28-26(30)20-13-15-24(16-14-20)34(31,32)27-18-23-11-7-17-33-23/h5-8,11-17,22,27H,2-4,9-10,18-19H2,1H3,(H,28,30). The molecule has 1 fully saturated rings. The van der Waals surface area contributed by atoms with E-state index in [0.29, 0.717) is 11.6 Å². The lowest BCUT2D eigenvalue weighted by molar-refractivity contribution is 0.102. The monoisotopic (exact) mass is 497 g/mol. The number of thiophene rings is 1. The summed E-state index contributed by atoms with van der Waals surface area (Å²) in [6.45, 7) is 1.02. The number of benzene rings is 2. The van der Waals surface area contributed by atoms with Crippen LogP contribution in [-0.2, 0) is 23.1 Å². The van der Waals surface area contributed by atoms with Crippen LogP contribution in [0.4, 0.5) is 5.69 Å². The Morgan fingerprint density at radius 3 is 2.44 bits per heavy atom. The van der Waals surface area contributed by atoms with Crippen molar-refractivity contribution in [3.05, 3.63) is 82.0 Å². The maximum Gasteiger partial charge on any atom is 0.255 e. The number of rotatable bonds is 9. The minimum Gasteiger partial charge on any atom is -0.322 e. The first kappa shape index (κ1) is 24.6. The van der Waals surface area contributed by atoms with Crippen molar-refractivity contribution in [1.29, 1.82) is 0 Å². The molecule has 0 unspecified atom stereocenters. The molecule has 0 saturated heterocycles. The number of nitrogens with zero attached hydrogens (tertiary/aromatic N) is 1. The molecular weight excluding hydrogens is 466 g/mol. The molecule has 3 aromatic rings. The molecule has 1 aromatic heterocycles. The normalized spacial score (nSPS) is 14.9. The van der Waals surface area contributed by atoms with Crippen LogP contribution in [0.5, 0.6) is 0 Å². The molecule has 180 valence electrons. The Bertz CT molecular complexity index is 1190. The van der Waals surface area contributed by atoms with Crippen molar-refractivity contribution in [3.63, 3.8) is 0 Å². The smallest absolute Gasteiger partial charge is 0.255 e. The van der Waals surface area contributed by atoms with Crippen LogP contribution < -0.4 is 10.0 Å². The van der Waals surface area contributed by atoms with Crippen LogP contribution in [0.2, 0.25) is 0 Å². The fourth-order valence-corrected chi connectivity index (χ4v) is 6.08. The zero-order valence-corrected chi connectivity index (χ0v) is 21.0. The molecule has 1 aliphatic carbocycles. The maximum absolute atomic E-state index is 12.9. The first-order valence-electron chi connectivity index (χ1n) is 11.6. The van der Waals surface area contributed by atoms with Crippen molar-refractivity contribution in [2.24, 2.45) is 0 Å². The van der Waals surface area contributed by atoms with Crippen LogP contribution in [0.15, 0.2) is 70.9 Å². The average molecular weight is 498 g/mol. The Kier molecular flexibility index (Phi) is 8.15. The molecular formula is C26H31N3O3S2. The van der Waals surface area contributed by atoms with Gasteiger partial charge in [-0.05, 0) is 67.2 Å². The van der Waals surface area contributed by atoms with Gasteiger partial charge in [-0.1, -0.05) is 43.5 Å². The predicted octanol–water partition coefficient (Wildman–Crippen LogP) is 5.24. The summed E-state index contributed by atoms with van der Waals surface area (Å²) in [5.41, 5.74) is 2.26. The lowest BCUT2D eigenvalue weighted by atomic mass is 9.94. The van der Waals surface area contributed by atoms with Gasteiger partial charge < -0.3 is 5.32 Å². The fraction of sp³-hybridized carbons (Fsp3) is 0.346. The Labute approximate surface area is 206 Å². The zero-order chi connectivity index (χ0) is 24.0. The van der Waals surface area contributed by atoms with Gasteiger partial charge in [-0.25, -0.2) is 13.1 Å². The van der Waals surface area contributed by atoms with E-state index in [9.17, 15) is 13.2 Å². The SMILES string of the molecule is CN(Cc1ccccc1NC(=O)c1ccc(S(=O)(=O)NCc2cccs2)cc1)C1CCCCC1. The van der Waals surface area contributed by atoms with E-state index in [1.54, 1.807) is 12.1 Å². The van der Waals surface area contributed by atoms with Crippen LogP contribution in [0, 0.1) is 0 Å². The first-order valence-corrected chi connectivity index (χ1v) is 14.0. The van der Waals surface area contributed by atoms with E-state index in [1.165, 1.54) is 55.6 Å². The molecule has 8 heteroatoms. The lowest BCUT2D eigenvalue weighted by Crippen LogP contribution is -2.33. The number of para-hydroxylation sites is 1. The molecule has 0 bridgehead atoms. The van der Waals surface area contributed by atoms with Crippen molar-refractivity contribution in [1.82, 2.24) is 9.62 Å². The summed E-state index contributed by atoms with van der Waals surface area (Å²) in [6, 6.07) is 18.2. The first-order chi connectivity index (χ1) is 16.4. The number of carbonyl (C=O) groups excluding carboxylic acids is 1. The largest absolute Gasteiger partial charge is 0.322 e. The van der Waals surface area contributed by atoms with Crippen molar-refractivity contribution in [2.45, 2.75) is 56.1 Å². The van der Waals surface area contributed by atoms with E-state index in [4.69, 9.17) is 0 Å². The second-order valence-corrected chi connectivity index (χ2v) is 11.5. The third-order valence-electron chi connectivity index (χ3n) is 6.33. The molecule has 2 N–H and O–H groups in total. The molecule has 2 aromatic carbocycles. The minimum atomic E-state index is -3.65. The quantitative estimate of drug-likeness (QED) is 0.424. The van der Waals surface area contributed by atoms with Gasteiger partial charge in [-0.2, -0.15) is 0 Å². The van der Waals surface area contributed by atoms with E-state index < -0.39 is 10.0 Å². The fourth-order valence-electron chi connectivity index (χ4n) is 4.34. The topological polar surface area (TPSA) is 78.5 Å². The molecule has 4 rings (SSSR count). The van der Waals surface area contributed by atoms with Gasteiger partial charge in [-0.15, -0.1) is 11.3 Å². The van der Waals surface area contributed by atoms with Crippen molar-refractivity contribution in [3.8, 4) is 0 Å². The molecule has 1 heterocycles. The van der Waals surface area contributed by atoms with Crippen molar-refractivity contribution < 1.29 is 13.2 Å². The van der Waals surface area contributed by atoms with Gasteiger partial charge in [0.1, 0.15) is 0 Å². The summed E-state index contributed by atoms with van der Waals surface area (Å²) in [6.07, 6.45) is 6.33. The third kappa shape index (κ3) is 6.33. The predicted molar refractivity (Wildman–Crippen MR) is 138 cm³/mol. The van der Waals surface area contributed by atoms with Crippen LogP contribution in [0.1, 0.15) is 52.9 Å². The third-order valence-corrected chi connectivity index (χ3v) is 8.62. The van der Waals surface area contributed by atoms with E-state index in [0.717, 1.165) is 22.7 Å². The highest BCUT2D eigenvalue weighted by Gasteiger charge is 2.20. The summed E-state index contributed by atoms with van der Waals surface area (Å²) in [5.74, 6) is -0.261. The number of sulfonamides is 1. The number of hydrogen-bond acceptors (Lipinski definition) is 5. The van der Waals surface area contributed by atoms with Crippen molar-refractivity contribution >= 4 is 33.0 Å². The molecule has 0 atom stereocenters. The summed E-state index contributed by atoms with van der Waals surface area (Å²) < 4.78 is 27.7. The van der Waals surface area contributed by atoms with Gasteiger partial charge in [0.05, 0.1) is 4.90 Å². The molecule has 0 aliphatic heterocycles. The Morgan fingerprint density at radius 2 is 1.74 bits per heavy atom. The highest BCUT2D eigenvalue weighted by Crippen LogP contribution is 2.25. The molecule has 1 amide bonds. The van der Waals surface area contributed by atoms with E-state index >= 15 is 0 Å². The summed E-state index contributed by atoms with van der Waals surface area (Å²) >= 11 is 1.50. The van der Waals surface area contributed by atoms with Gasteiger partial charge in [0, 0.05) is 35.3 Å². The van der Waals surface area contributed by atoms with Gasteiger partial charge in [0.2, 0.25) is 10.0 Å². The average Bonchev–Trinajstić information content (AvgIpc) is 3.38. The lowest BCUT2D eigenvalue weighted by Gasteiger charge is -2.31. The summed E-state index contributed by atoms with van der Waals surface area (Å²) in [7, 11) is -1.50. The minimum absolute atomic E-state index is 0.134. The van der Waals surface area contributed by atoms with Crippen LogP contribution in [0.3, 0.4) is 0 Å². The van der Waals surface area contributed by atoms with E-state index in [-0.39, 0.29) is 17.3 Å². The van der Waals surface area contributed by atoms with Gasteiger partial charge in [0.25, 0.3) is 5.91 Å². The maximum atomic E-state index is 12.9. The second kappa shape index (κ2) is 11.3. The van der Waals surface area contributed by atoms with Crippen LogP contribution >= 0.6 is 11.3 Å². The molecule has 1 aliphatic rings.